The Morgan fingerprint density at radius 2 is 1.48 bits per heavy atom. The van der Waals surface area contributed by atoms with Crippen molar-refractivity contribution in [2.75, 3.05) is 0 Å². The van der Waals surface area contributed by atoms with Crippen LogP contribution in [0.1, 0.15) is 95.6 Å². The third-order valence-electron chi connectivity index (χ3n) is 11.4. The summed E-state index contributed by atoms with van der Waals surface area (Å²) in [6.07, 6.45) is 5.57. The number of ether oxygens (including phenoxy) is 3. The fourth-order valence-electron chi connectivity index (χ4n) is 10.0. The van der Waals surface area contributed by atoms with Gasteiger partial charge in [-0.15, -0.1) is 0 Å². The minimum absolute atomic E-state index is 0.184. The molecule has 1 N–H and O–H groups in total. The predicted octanol–water partition coefficient (Wildman–Crippen LogP) is 5.02. The lowest BCUT2D eigenvalue weighted by molar-refractivity contribution is -0.187. The average Bonchev–Trinajstić information content (AvgIpc) is 3.51. The second kappa shape index (κ2) is 9.52. The molecule has 7 aliphatic rings. The van der Waals surface area contributed by atoms with E-state index >= 15 is 0 Å². The molecule has 6 atom stereocenters. The molecule has 0 aromatic heterocycles. The van der Waals surface area contributed by atoms with E-state index < -0.39 is 51.5 Å². The number of carbonyl (C=O) groups is 3. The Kier molecular flexibility index (Phi) is 6.42. The molecule has 6 bridgehead atoms. The highest BCUT2D eigenvalue weighted by Gasteiger charge is 2.71. The van der Waals surface area contributed by atoms with E-state index in [1.807, 2.05) is 27.7 Å². The van der Waals surface area contributed by atoms with Crippen molar-refractivity contribution in [3.8, 4) is 5.75 Å². The van der Waals surface area contributed by atoms with Crippen molar-refractivity contribution in [2.45, 2.75) is 102 Å². The van der Waals surface area contributed by atoms with E-state index in [0.717, 1.165) is 19.3 Å². The van der Waals surface area contributed by atoms with E-state index in [9.17, 15) is 27.4 Å². The lowest BCUT2D eigenvalue weighted by Gasteiger charge is -2.55. The van der Waals surface area contributed by atoms with Gasteiger partial charge < -0.3 is 14.2 Å². The number of carbonyl (C=O) groups excluding carboxylic acids is 3. The zero-order valence-electron chi connectivity index (χ0n) is 24.6. The molecule has 6 saturated carbocycles. The number of esters is 3. The Balaban J connectivity index is 1.17. The fourth-order valence-corrected chi connectivity index (χ4v) is 10.6. The van der Waals surface area contributed by atoms with Gasteiger partial charge in [-0.05, 0) is 97.8 Å². The van der Waals surface area contributed by atoms with Crippen LogP contribution in [0.5, 0.6) is 5.75 Å². The van der Waals surface area contributed by atoms with Crippen LogP contribution in [-0.2, 0) is 34.0 Å². The molecule has 10 heteroatoms. The second-order valence-electron chi connectivity index (χ2n) is 14.7. The quantitative estimate of drug-likeness (QED) is 0.260. The molecule has 1 saturated heterocycles. The predicted molar refractivity (Wildman–Crippen MR) is 149 cm³/mol. The zero-order chi connectivity index (χ0) is 29.9. The molecule has 6 unspecified atom stereocenters. The third-order valence-corrected chi connectivity index (χ3v) is 12.2. The highest BCUT2D eigenvalue weighted by Crippen LogP contribution is 2.63. The molecule has 1 heterocycles. The molecule has 8 rings (SSSR count). The molecule has 1 aromatic carbocycles. The molecular weight excluding hydrogens is 560 g/mol. The Labute approximate surface area is 246 Å². The Morgan fingerprint density at radius 3 is 1.98 bits per heavy atom. The van der Waals surface area contributed by atoms with Gasteiger partial charge in [0.2, 0.25) is 0 Å². The van der Waals surface area contributed by atoms with Crippen molar-refractivity contribution in [3.05, 3.63) is 23.3 Å². The fraction of sp³-hybridized carbons (Fsp3) is 0.719. The number of hydrogen-bond donors (Lipinski definition) is 1. The summed E-state index contributed by atoms with van der Waals surface area (Å²) in [5.74, 6) is -1.73. The van der Waals surface area contributed by atoms with Crippen LogP contribution < -0.4 is 4.74 Å². The molecule has 0 radical (unpaired) electrons. The smallest absolute Gasteiger partial charge is 0.315 e. The highest BCUT2D eigenvalue weighted by molar-refractivity contribution is 7.85. The van der Waals surface area contributed by atoms with Gasteiger partial charge in [-0.1, -0.05) is 27.7 Å². The summed E-state index contributed by atoms with van der Waals surface area (Å²) in [6, 6.07) is 2.68. The maximum atomic E-state index is 14.0. The lowest BCUT2D eigenvalue weighted by atomic mass is 9.49. The van der Waals surface area contributed by atoms with Gasteiger partial charge in [0.15, 0.2) is 0 Å². The van der Waals surface area contributed by atoms with Gasteiger partial charge in [-0.3, -0.25) is 18.9 Å². The van der Waals surface area contributed by atoms with E-state index in [2.05, 4.69) is 0 Å². The highest BCUT2D eigenvalue weighted by atomic mass is 32.2. The van der Waals surface area contributed by atoms with Crippen molar-refractivity contribution in [1.82, 2.24) is 0 Å². The van der Waals surface area contributed by atoms with E-state index in [1.165, 1.54) is 31.4 Å². The van der Waals surface area contributed by atoms with Gasteiger partial charge in [0, 0.05) is 11.8 Å². The Hall–Kier alpha value is -2.46. The molecule has 0 spiro atoms. The molecule has 1 aromatic rings. The van der Waals surface area contributed by atoms with Crippen molar-refractivity contribution >= 4 is 28.0 Å². The second-order valence-corrected chi connectivity index (χ2v) is 16.1. The molecule has 0 amide bonds. The van der Waals surface area contributed by atoms with E-state index in [4.69, 9.17) is 14.2 Å². The van der Waals surface area contributed by atoms with Gasteiger partial charge in [0.25, 0.3) is 10.1 Å². The van der Waals surface area contributed by atoms with Crippen molar-refractivity contribution in [1.29, 1.82) is 0 Å². The molecule has 1 aliphatic heterocycles. The summed E-state index contributed by atoms with van der Waals surface area (Å²) < 4.78 is 51.9. The van der Waals surface area contributed by atoms with E-state index in [0.29, 0.717) is 35.3 Å². The van der Waals surface area contributed by atoms with Crippen molar-refractivity contribution in [3.63, 3.8) is 0 Å². The van der Waals surface area contributed by atoms with Gasteiger partial charge in [0.05, 0.1) is 22.1 Å². The first-order valence-corrected chi connectivity index (χ1v) is 17.0. The summed E-state index contributed by atoms with van der Waals surface area (Å²) in [5.41, 5.74) is 0.492. The third kappa shape index (κ3) is 4.25. The minimum Gasteiger partial charge on any atom is -0.458 e. The summed E-state index contributed by atoms with van der Waals surface area (Å²) >= 11 is 0. The summed E-state index contributed by atoms with van der Waals surface area (Å²) in [5, 5.41) is 0. The van der Waals surface area contributed by atoms with E-state index in [-0.39, 0.29) is 40.3 Å². The molecule has 6 aliphatic carbocycles. The monoisotopic (exact) mass is 600 g/mol. The molecule has 9 nitrogen and oxygen atoms in total. The summed E-state index contributed by atoms with van der Waals surface area (Å²) in [7, 11) is -4.48. The van der Waals surface area contributed by atoms with Crippen LogP contribution in [0.2, 0.25) is 0 Å². The maximum Gasteiger partial charge on any atom is 0.315 e. The number of hydrogen-bond acceptors (Lipinski definition) is 8. The Morgan fingerprint density at radius 1 is 0.929 bits per heavy atom. The van der Waals surface area contributed by atoms with Crippen molar-refractivity contribution < 1.29 is 41.6 Å². The average molecular weight is 601 g/mol. The van der Waals surface area contributed by atoms with Crippen LogP contribution in [-0.4, -0.2) is 43.1 Å². The van der Waals surface area contributed by atoms with Crippen LogP contribution in [0, 0.1) is 46.8 Å². The first kappa shape index (κ1) is 28.3. The first-order chi connectivity index (χ1) is 19.8. The molecule has 7 fully saturated rings. The molecule has 228 valence electrons. The number of fused-ring (bicyclic) bond motifs is 1. The van der Waals surface area contributed by atoms with Gasteiger partial charge >= 0.3 is 17.9 Å². The van der Waals surface area contributed by atoms with Gasteiger partial charge in [-0.2, -0.15) is 8.42 Å². The van der Waals surface area contributed by atoms with Gasteiger partial charge in [-0.25, -0.2) is 0 Å². The Bertz CT molecular complexity index is 1400. The maximum absolute atomic E-state index is 14.0. The first-order valence-electron chi connectivity index (χ1n) is 15.5. The minimum atomic E-state index is -4.48. The summed E-state index contributed by atoms with van der Waals surface area (Å²) in [4.78, 5) is 40.6. The number of benzene rings is 1. The van der Waals surface area contributed by atoms with Crippen LogP contribution in [0.15, 0.2) is 17.0 Å². The van der Waals surface area contributed by atoms with Crippen LogP contribution >= 0.6 is 0 Å². The van der Waals surface area contributed by atoms with E-state index in [1.54, 1.807) is 0 Å². The zero-order valence-corrected chi connectivity index (χ0v) is 25.4. The summed E-state index contributed by atoms with van der Waals surface area (Å²) in [6.45, 7) is 7.39. The largest absolute Gasteiger partial charge is 0.458 e. The number of rotatable bonds is 7. The van der Waals surface area contributed by atoms with Crippen LogP contribution in [0.4, 0.5) is 0 Å². The lowest BCUT2D eigenvalue weighted by Crippen LogP contribution is -2.53. The van der Waals surface area contributed by atoms with Gasteiger partial charge in [0.1, 0.15) is 18.0 Å². The molecular formula is C32H40O9S. The molecule has 42 heavy (non-hydrogen) atoms. The topological polar surface area (TPSA) is 133 Å². The van der Waals surface area contributed by atoms with Crippen molar-refractivity contribution in [2.24, 2.45) is 46.8 Å². The standard InChI is InChI=1S/C32H40O9S/c1-14(2)20-8-19(42(36,37)38)9-21(15(3)4)26(20)39-29(33)25-23-10-22-24(25)30(34)40-27(22)28(23)41-31(35)32-11-16-5-17(12-32)7-18(6-16)13-32/h8-9,14-18,22-25,27-28H,5-7,10-13H2,1-4H3,(H,36,37,38). The van der Waals surface area contributed by atoms with Crippen LogP contribution in [0.25, 0.3) is 0 Å². The SMILES string of the molecule is CC(C)c1cc(S(=O)(=O)O)cc(C(C)C)c1OC(=O)C1C2CC3C(OC(=O)C31)C2OC(=O)C12CC3CC(CC(C3)C1)C2. The normalized spacial score (nSPS) is 39.3. The van der Waals surface area contributed by atoms with Crippen LogP contribution in [0.3, 0.4) is 0 Å².